The molecule has 2 rings (SSSR count). The van der Waals surface area contributed by atoms with E-state index in [9.17, 15) is 0 Å². The smallest absolute Gasteiger partial charge is 0.0147 e. The quantitative estimate of drug-likeness (QED) is 0.702. The van der Waals surface area contributed by atoms with Crippen LogP contribution in [0.2, 0.25) is 0 Å². The third-order valence-electron chi connectivity index (χ3n) is 2.72. The van der Waals surface area contributed by atoms with Gasteiger partial charge in [-0.3, -0.25) is 0 Å². The number of aromatic nitrogens is 1. The lowest BCUT2D eigenvalue weighted by molar-refractivity contribution is 0.727. The predicted octanol–water partition coefficient (Wildman–Crippen LogP) is 2.92. The van der Waals surface area contributed by atoms with E-state index in [4.69, 9.17) is 0 Å². The first-order valence-corrected chi connectivity index (χ1v) is 5.04. The number of nitrogens with one attached hydrogen (secondary N) is 1. The Kier molecular flexibility index (Phi) is 2.20. The molecular formula is C11H17N. The Morgan fingerprint density at radius 3 is 2.92 bits per heavy atom. The molecular weight excluding hydrogens is 146 g/mol. The van der Waals surface area contributed by atoms with Crippen molar-refractivity contribution in [2.75, 3.05) is 0 Å². The first-order chi connectivity index (χ1) is 5.88. The number of aryl methyl sites for hydroxylation is 2. The Hall–Kier alpha value is -0.720. The van der Waals surface area contributed by atoms with E-state index in [1.165, 1.54) is 36.9 Å². The lowest BCUT2D eigenvalue weighted by Gasteiger charge is -1.93. The van der Waals surface area contributed by atoms with Crippen molar-refractivity contribution >= 4 is 0 Å². The Bertz CT molecular complexity index is 245. The Morgan fingerprint density at radius 2 is 2.33 bits per heavy atom. The first-order valence-electron chi connectivity index (χ1n) is 5.04. The third-order valence-corrected chi connectivity index (χ3v) is 2.72. The van der Waals surface area contributed by atoms with Gasteiger partial charge < -0.3 is 4.98 Å². The lowest BCUT2D eigenvalue weighted by Crippen LogP contribution is -1.82. The SMILES string of the molecule is CCc1cc(CCC2CC2)c[nH]1. The second kappa shape index (κ2) is 3.34. The zero-order valence-corrected chi connectivity index (χ0v) is 7.77. The van der Waals surface area contributed by atoms with Crippen molar-refractivity contribution in [3.8, 4) is 0 Å². The minimum atomic E-state index is 1.06. The highest BCUT2D eigenvalue weighted by molar-refractivity contribution is 5.16. The van der Waals surface area contributed by atoms with Gasteiger partial charge in [-0.2, -0.15) is 0 Å². The molecule has 1 heteroatoms. The van der Waals surface area contributed by atoms with Crippen LogP contribution in [0.25, 0.3) is 0 Å². The average molecular weight is 163 g/mol. The molecule has 1 nitrogen and oxygen atoms in total. The summed E-state index contributed by atoms with van der Waals surface area (Å²) in [5, 5.41) is 0. The maximum Gasteiger partial charge on any atom is 0.0147 e. The summed E-state index contributed by atoms with van der Waals surface area (Å²) in [6.45, 7) is 2.19. The summed E-state index contributed by atoms with van der Waals surface area (Å²) in [5.74, 6) is 1.06. The van der Waals surface area contributed by atoms with Crippen LogP contribution in [0.4, 0.5) is 0 Å². The Balaban J connectivity index is 1.84. The van der Waals surface area contributed by atoms with Gasteiger partial charge in [0.05, 0.1) is 0 Å². The van der Waals surface area contributed by atoms with E-state index in [2.05, 4.69) is 24.2 Å². The molecule has 1 aromatic rings. The molecule has 1 fully saturated rings. The highest BCUT2D eigenvalue weighted by atomic mass is 14.7. The molecule has 0 amide bonds. The van der Waals surface area contributed by atoms with Crippen molar-refractivity contribution < 1.29 is 0 Å². The molecule has 1 aromatic heterocycles. The van der Waals surface area contributed by atoms with Crippen LogP contribution in [-0.4, -0.2) is 4.98 Å². The molecule has 66 valence electrons. The van der Waals surface area contributed by atoms with Crippen molar-refractivity contribution in [2.45, 2.75) is 39.0 Å². The Labute approximate surface area is 74.2 Å². The van der Waals surface area contributed by atoms with E-state index in [0.717, 1.165) is 12.3 Å². The van der Waals surface area contributed by atoms with E-state index in [-0.39, 0.29) is 0 Å². The summed E-state index contributed by atoms with van der Waals surface area (Å²) in [6, 6.07) is 2.31. The fourth-order valence-corrected chi connectivity index (χ4v) is 1.62. The van der Waals surface area contributed by atoms with E-state index < -0.39 is 0 Å². The van der Waals surface area contributed by atoms with Crippen LogP contribution in [0.5, 0.6) is 0 Å². The molecule has 0 saturated heterocycles. The van der Waals surface area contributed by atoms with E-state index in [0.29, 0.717) is 0 Å². The number of H-pyrrole nitrogens is 1. The number of hydrogen-bond donors (Lipinski definition) is 1. The van der Waals surface area contributed by atoms with Crippen molar-refractivity contribution in [1.82, 2.24) is 4.98 Å². The highest BCUT2D eigenvalue weighted by Crippen LogP contribution is 2.33. The van der Waals surface area contributed by atoms with Crippen molar-refractivity contribution in [3.63, 3.8) is 0 Å². The van der Waals surface area contributed by atoms with Crippen LogP contribution >= 0.6 is 0 Å². The van der Waals surface area contributed by atoms with Crippen LogP contribution < -0.4 is 0 Å². The zero-order valence-electron chi connectivity index (χ0n) is 7.77. The van der Waals surface area contributed by atoms with E-state index in [1.54, 1.807) is 0 Å². The minimum Gasteiger partial charge on any atom is -0.365 e. The predicted molar refractivity (Wildman–Crippen MR) is 51.2 cm³/mol. The molecule has 0 unspecified atom stereocenters. The number of hydrogen-bond acceptors (Lipinski definition) is 0. The molecule has 1 aliphatic rings. The summed E-state index contributed by atoms with van der Waals surface area (Å²) in [4.78, 5) is 3.30. The molecule has 1 N–H and O–H groups in total. The largest absolute Gasteiger partial charge is 0.365 e. The minimum absolute atomic E-state index is 1.06. The van der Waals surface area contributed by atoms with Crippen molar-refractivity contribution in [1.29, 1.82) is 0 Å². The van der Waals surface area contributed by atoms with Crippen LogP contribution in [-0.2, 0) is 12.8 Å². The second-order valence-corrected chi connectivity index (χ2v) is 3.87. The van der Waals surface area contributed by atoms with Gasteiger partial charge in [-0.05, 0) is 36.8 Å². The van der Waals surface area contributed by atoms with Gasteiger partial charge >= 0.3 is 0 Å². The normalized spacial score (nSPS) is 16.8. The summed E-state index contributed by atoms with van der Waals surface area (Å²) in [5.41, 5.74) is 2.87. The van der Waals surface area contributed by atoms with Crippen LogP contribution in [0, 0.1) is 5.92 Å². The second-order valence-electron chi connectivity index (χ2n) is 3.87. The molecule has 0 radical (unpaired) electrons. The van der Waals surface area contributed by atoms with Gasteiger partial charge in [0.15, 0.2) is 0 Å². The molecule has 0 spiro atoms. The standard InChI is InChI=1S/C11H17N/c1-2-11-7-10(8-12-11)6-5-9-3-4-9/h7-9,12H,2-6H2,1H3. The molecule has 0 aliphatic heterocycles. The molecule has 1 aliphatic carbocycles. The monoisotopic (exact) mass is 163 g/mol. The summed E-state index contributed by atoms with van der Waals surface area (Å²) in [7, 11) is 0. The van der Waals surface area contributed by atoms with Gasteiger partial charge in [0, 0.05) is 11.9 Å². The highest BCUT2D eigenvalue weighted by Gasteiger charge is 2.20. The van der Waals surface area contributed by atoms with E-state index in [1.807, 2.05) is 0 Å². The van der Waals surface area contributed by atoms with Gasteiger partial charge in [0.2, 0.25) is 0 Å². The number of aromatic amines is 1. The molecule has 1 heterocycles. The van der Waals surface area contributed by atoms with Crippen LogP contribution in [0.3, 0.4) is 0 Å². The van der Waals surface area contributed by atoms with Gasteiger partial charge in [0.1, 0.15) is 0 Å². The van der Waals surface area contributed by atoms with Crippen LogP contribution in [0.15, 0.2) is 12.3 Å². The first kappa shape index (κ1) is 7.90. The summed E-state index contributed by atoms with van der Waals surface area (Å²) in [6.07, 6.45) is 8.93. The topological polar surface area (TPSA) is 15.8 Å². The summed E-state index contributed by atoms with van der Waals surface area (Å²) < 4.78 is 0. The average Bonchev–Trinajstić information content (AvgIpc) is 2.81. The third kappa shape index (κ3) is 1.90. The fourth-order valence-electron chi connectivity index (χ4n) is 1.62. The fraction of sp³-hybridized carbons (Fsp3) is 0.636. The molecule has 0 bridgehead atoms. The van der Waals surface area contributed by atoms with Crippen LogP contribution in [0.1, 0.15) is 37.4 Å². The maximum absolute atomic E-state index is 3.30. The lowest BCUT2D eigenvalue weighted by atomic mass is 10.1. The van der Waals surface area contributed by atoms with Gasteiger partial charge in [-0.1, -0.05) is 19.8 Å². The van der Waals surface area contributed by atoms with E-state index >= 15 is 0 Å². The molecule has 0 atom stereocenters. The van der Waals surface area contributed by atoms with Gasteiger partial charge in [-0.25, -0.2) is 0 Å². The molecule has 1 saturated carbocycles. The van der Waals surface area contributed by atoms with Crippen molar-refractivity contribution in [2.24, 2.45) is 5.92 Å². The van der Waals surface area contributed by atoms with Crippen molar-refractivity contribution in [3.05, 3.63) is 23.5 Å². The maximum atomic E-state index is 3.30. The molecule has 0 aromatic carbocycles. The molecule has 12 heavy (non-hydrogen) atoms. The Morgan fingerprint density at radius 1 is 1.50 bits per heavy atom. The van der Waals surface area contributed by atoms with Gasteiger partial charge in [-0.15, -0.1) is 0 Å². The number of rotatable bonds is 4. The summed E-state index contributed by atoms with van der Waals surface area (Å²) >= 11 is 0. The zero-order chi connectivity index (χ0) is 8.39. The van der Waals surface area contributed by atoms with Gasteiger partial charge in [0.25, 0.3) is 0 Å².